The summed E-state index contributed by atoms with van der Waals surface area (Å²) in [6.07, 6.45) is 1.51. The monoisotopic (exact) mass is 446 g/mol. The summed E-state index contributed by atoms with van der Waals surface area (Å²) in [5.41, 5.74) is 0.687. The molecule has 0 radical (unpaired) electrons. The molecule has 0 spiro atoms. The number of tetrazole rings is 1. The molecule has 0 saturated heterocycles. The molecule has 0 aliphatic heterocycles. The van der Waals surface area contributed by atoms with Crippen LogP contribution in [-0.2, 0) is 31.0 Å². The highest BCUT2D eigenvalue weighted by atomic mass is 16.4. The summed E-state index contributed by atoms with van der Waals surface area (Å²) >= 11 is 0. The largest absolute Gasteiger partial charge is 0.480 e. The maximum absolute atomic E-state index is 13.2. The van der Waals surface area contributed by atoms with E-state index in [1.807, 2.05) is 28.8 Å². The molecule has 1 N–H and O–H groups in total. The zero-order valence-electron chi connectivity index (χ0n) is 17.3. The number of aromatic nitrogens is 8. The second-order valence-corrected chi connectivity index (χ2v) is 7.41. The number of benzene rings is 2. The first-order chi connectivity index (χ1) is 16.0. The quantitative estimate of drug-likeness (QED) is 0.377. The Kier molecular flexibility index (Phi) is 5.01. The van der Waals surface area contributed by atoms with Crippen LogP contribution >= 0.6 is 0 Å². The van der Waals surface area contributed by atoms with E-state index >= 15 is 0 Å². The molecule has 2 aromatic carbocycles. The molecule has 0 bridgehead atoms. The maximum Gasteiger partial charge on any atom is 0.332 e. The molecular weight excluding hydrogens is 428 g/mol. The molecule has 0 fully saturated rings. The third-order valence-electron chi connectivity index (χ3n) is 5.40. The minimum absolute atomic E-state index is 0.0452. The van der Waals surface area contributed by atoms with Gasteiger partial charge in [0.05, 0.1) is 35.0 Å². The Morgan fingerprint density at radius 3 is 2.42 bits per heavy atom. The molecular formula is C21H18N8O4. The van der Waals surface area contributed by atoms with Crippen LogP contribution in [0.5, 0.6) is 0 Å². The van der Waals surface area contributed by atoms with Crippen molar-refractivity contribution in [2.24, 2.45) is 0 Å². The van der Waals surface area contributed by atoms with Crippen molar-refractivity contribution in [3.05, 3.63) is 81.5 Å². The smallest absolute Gasteiger partial charge is 0.332 e. The Hall–Kier alpha value is -4.61. The fourth-order valence-corrected chi connectivity index (χ4v) is 3.92. The number of imidazole rings is 1. The van der Waals surface area contributed by atoms with Gasteiger partial charge in [0.25, 0.3) is 5.56 Å². The molecule has 3 heterocycles. The van der Waals surface area contributed by atoms with Crippen molar-refractivity contribution >= 4 is 27.9 Å². The first kappa shape index (κ1) is 20.3. The predicted molar refractivity (Wildman–Crippen MR) is 117 cm³/mol. The number of fused-ring (bicyclic) bond motifs is 2. The zero-order chi connectivity index (χ0) is 22.9. The van der Waals surface area contributed by atoms with Crippen molar-refractivity contribution in [2.45, 2.75) is 26.2 Å². The number of aryl methyl sites for hydroxylation is 2. The summed E-state index contributed by atoms with van der Waals surface area (Å²) in [4.78, 5) is 42.0. The summed E-state index contributed by atoms with van der Waals surface area (Å²) in [7, 11) is 0. The fourth-order valence-electron chi connectivity index (χ4n) is 3.92. The molecule has 5 aromatic rings. The molecule has 33 heavy (non-hydrogen) atoms. The van der Waals surface area contributed by atoms with Gasteiger partial charge in [0.15, 0.2) is 0 Å². The third-order valence-corrected chi connectivity index (χ3v) is 5.40. The van der Waals surface area contributed by atoms with Gasteiger partial charge >= 0.3 is 11.7 Å². The van der Waals surface area contributed by atoms with E-state index in [0.717, 1.165) is 15.6 Å². The number of para-hydroxylation sites is 3. The maximum atomic E-state index is 13.2. The number of carboxylic acid groups (broad SMARTS) is 1. The molecule has 0 unspecified atom stereocenters. The molecule has 0 aliphatic rings. The average molecular weight is 446 g/mol. The second-order valence-electron chi connectivity index (χ2n) is 7.41. The van der Waals surface area contributed by atoms with Crippen molar-refractivity contribution in [1.29, 1.82) is 0 Å². The van der Waals surface area contributed by atoms with Gasteiger partial charge in [-0.2, -0.15) is 0 Å². The molecule has 0 saturated carbocycles. The highest BCUT2D eigenvalue weighted by Crippen LogP contribution is 2.18. The van der Waals surface area contributed by atoms with Crippen LogP contribution in [0.15, 0.2) is 64.4 Å². The predicted octanol–water partition coefficient (Wildman–Crippen LogP) is 0.332. The molecule has 12 nitrogen and oxygen atoms in total. The molecule has 5 rings (SSSR count). The van der Waals surface area contributed by atoms with Crippen molar-refractivity contribution in [1.82, 2.24) is 38.9 Å². The van der Waals surface area contributed by atoms with Gasteiger partial charge in [-0.1, -0.05) is 24.3 Å². The molecule has 166 valence electrons. The highest BCUT2D eigenvalue weighted by Gasteiger charge is 2.18. The third kappa shape index (κ3) is 3.67. The highest BCUT2D eigenvalue weighted by molar-refractivity contribution is 5.79. The Balaban J connectivity index is 1.66. The van der Waals surface area contributed by atoms with Crippen LogP contribution in [0.2, 0.25) is 0 Å². The number of aliphatic carboxylic acids is 1. The number of nitrogens with zero attached hydrogens (tertiary/aromatic N) is 8. The van der Waals surface area contributed by atoms with E-state index in [0.29, 0.717) is 24.4 Å². The summed E-state index contributed by atoms with van der Waals surface area (Å²) in [6.45, 7) is 0.290. The summed E-state index contributed by atoms with van der Waals surface area (Å²) < 4.78 is 5.67. The van der Waals surface area contributed by atoms with Gasteiger partial charge in [-0.05, 0) is 34.7 Å². The zero-order valence-corrected chi connectivity index (χ0v) is 17.3. The van der Waals surface area contributed by atoms with Crippen LogP contribution < -0.4 is 11.2 Å². The Bertz CT molecular complexity index is 1600. The van der Waals surface area contributed by atoms with Crippen LogP contribution in [0.4, 0.5) is 0 Å². The standard InChI is InChI=1S/C21H18N8O4/c30-19(31)12-29-20(32)14-5-1-3-7-16(14)28(21(29)33)11-18-23-15-6-2-4-8-17(15)27(18)10-9-26-13-22-24-25-26/h1-8,13H,9-12H2,(H,30,31). The Labute approximate surface area is 184 Å². The number of hydrogen-bond acceptors (Lipinski definition) is 7. The summed E-state index contributed by atoms with van der Waals surface area (Å²) in [6, 6.07) is 14.2. The SMILES string of the molecule is O=C(O)Cn1c(=O)c2ccccc2n(Cc2nc3ccccc3n2CCn2cnnn2)c1=O. The number of hydrogen-bond donors (Lipinski definition) is 1. The van der Waals surface area contributed by atoms with Crippen molar-refractivity contribution in [3.63, 3.8) is 0 Å². The van der Waals surface area contributed by atoms with E-state index in [-0.39, 0.29) is 11.9 Å². The van der Waals surface area contributed by atoms with Gasteiger partial charge in [0.2, 0.25) is 0 Å². The minimum Gasteiger partial charge on any atom is -0.480 e. The van der Waals surface area contributed by atoms with E-state index < -0.39 is 23.8 Å². The van der Waals surface area contributed by atoms with Crippen LogP contribution in [0.1, 0.15) is 5.82 Å². The normalized spacial score (nSPS) is 11.4. The number of carboxylic acids is 1. The van der Waals surface area contributed by atoms with Gasteiger partial charge in [-0.15, -0.1) is 5.10 Å². The van der Waals surface area contributed by atoms with Gasteiger partial charge < -0.3 is 9.67 Å². The summed E-state index contributed by atoms with van der Waals surface area (Å²) in [5, 5.41) is 20.7. The van der Waals surface area contributed by atoms with Crippen molar-refractivity contribution in [3.8, 4) is 0 Å². The fraction of sp³-hybridized carbons (Fsp3) is 0.190. The molecule has 0 atom stereocenters. The van der Waals surface area contributed by atoms with Gasteiger partial charge in [0, 0.05) is 6.54 Å². The lowest BCUT2D eigenvalue weighted by atomic mass is 10.2. The summed E-state index contributed by atoms with van der Waals surface area (Å²) in [5.74, 6) is -0.693. The average Bonchev–Trinajstić information content (AvgIpc) is 3.45. The molecule has 0 aliphatic carbocycles. The van der Waals surface area contributed by atoms with Crippen molar-refractivity contribution in [2.75, 3.05) is 0 Å². The van der Waals surface area contributed by atoms with Crippen LogP contribution in [0, 0.1) is 0 Å². The minimum atomic E-state index is -1.27. The Morgan fingerprint density at radius 1 is 0.909 bits per heavy atom. The lowest BCUT2D eigenvalue weighted by Crippen LogP contribution is -2.42. The molecule has 12 heteroatoms. The van der Waals surface area contributed by atoms with Crippen LogP contribution in [0.3, 0.4) is 0 Å². The lowest BCUT2D eigenvalue weighted by molar-refractivity contribution is -0.137. The van der Waals surface area contributed by atoms with E-state index in [9.17, 15) is 19.5 Å². The van der Waals surface area contributed by atoms with E-state index in [1.54, 1.807) is 28.9 Å². The van der Waals surface area contributed by atoms with E-state index in [2.05, 4.69) is 15.5 Å². The van der Waals surface area contributed by atoms with E-state index in [4.69, 9.17) is 4.98 Å². The molecule has 0 amide bonds. The van der Waals surface area contributed by atoms with Crippen LogP contribution in [-0.4, -0.2) is 50.0 Å². The lowest BCUT2D eigenvalue weighted by Gasteiger charge is -2.14. The second kappa shape index (κ2) is 8.15. The van der Waals surface area contributed by atoms with Gasteiger partial charge in [0.1, 0.15) is 18.7 Å². The first-order valence-corrected chi connectivity index (χ1v) is 10.1. The van der Waals surface area contributed by atoms with Crippen molar-refractivity contribution < 1.29 is 9.90 Å². The topological polar surface area (TPSA) is 143 Å². The first-order valence-electron chi connectivity index (χ1n) is 10.1. The van der Waals surface area contributed by atoms with Crippen LogP contribution in [0.25, 0.3) is 21.9 Å². The Morgan fingerprint density at radius 2 is 1.67 bits per heavy atom. The van der Waals surface area contributed by atoms with Gasteiger partial charge in [-0.3, -0.25) is 14.2 Å². The van der Waals surface area contributed by atoms with E-state index in [1.165, 1.54) is 10.9 Å². The number of rotatable bonds is 7. The van der Waals surface area contributed by atoms with Gasteiger partial charge in [-0.25, -0.2) is 19.0 Å². The number of carbonyl (C=O) groups is 1. The molecule has 3 aromatic heterocycles.